The highest BCUT2D eigenvalue weighted by Gasteiger charge is 2.09. The number of nitriles is 1. The van der Waals surface area contributed by atoms with E-state index in [1.807, 2.05) is 32.0 Å². The quantitative estimate of drug-likeness (QED) is 0.758. The van der Waals surface area contributed by atoms with E-state index in [0.29, 0.717) is 23.2 Å². The van der Waals surface area contributed by atoms with Gasteiger partial charge in [-0.2, -0.15) is 5.26 Å². The minimum atomic E-state index is -0.194. The van der Waals surface area contributed by atoms with Crippen LogP contribution in [0.3, 0.4) is 0 Å². The second kappa shape index (κ2) is 7.24. The Morgan fingerprint density at radius 2 is 2.00 bits per heavy atom. The maximum absolute atomic E-state index is 12.3. The number of carbonyl (C=O) groups is 1. The predicted molar refractivity (Wildman–Crippen MR) is 102 cm³/mol. The molecule has 0 unspecified atom stereocenters. The number of anilines is 1. The number of hydrogen-bond donors (Lipinski definition) is 2. The van der Waals surface area contributed by atoms with Crippen LogP contribution in [0.15, 0.2) is 47.3 Å². The summed E-state index contributed by atoms with van der Waals surface area (Å²) in [7, 11) is 0. The van der Waals surface area contributed by atoms with Crippen LogP contribution in [0.1, 0.15) is 28.7 Å². The minimum Gasteiger partial charge on any atom is -0.326 e. The molecule has 0 spiro atoms. The van der Waals surface area contributed by atoms with E-state index in [4.69, 9.17) is 5.26 Å². The maximum atomic E-state index is 12.3. The van der Waals surface area contributed by atoms with E-state index in [9.17, 15) is 9.59 Å². The molecule has 0 aliphatic heterocycles. The largest absolute Gasteiger partial charge is 0.326 e. The van der Waals surface area contributed by atoms with Crippen molar-refractivity contribution in [2.75, 3.05) is 5.32 Å². The third-order valence-electron chi connectivity index (χ3n) is 4.29. The van der Waals surface area contributed by atoms with Gasteiger partial charge < -0.3 is 10.3 Å². The molecule has 26 heavy (non-hydrogen) atoms. The van der Waals surface area contributed by atoms with E-state index in [1.54, 1.807) is 24.3 Å². The van der Waals surface area contributed by atoms with E-state index in [0.717, 1.165) is 22.0 Å². The van der Waals surface area contributed by atoms with E-state index in [1.165, 1.54) is 0 Å². The second-order valence-electron chi connectivity index (χ2n) is 6.41. The molecule has 3 rings (SSSR count). The molecule has 2 aromatic carbocycles. The highest BCUT2D eigenvalue weighted by Crippen LogP contribution is 2.19. The normalized spacial score (nSPS) is 10.5. The first-order valence-electron chi connectivity index (χ1n) is 8.39. The van der Waals surface area contributed by atoms with Crippen LogP contribution >= 0.6 is 0 Å². The fourth-order valence-electron chi connectivity index (χ4n) is 3.04. The lowest BCUT2D eigenvalue weighted by Crippen LogP contribution is -2.17. The molecule has 1 aromatic heterocycles. The van der Waals surface area contributed by atoms with Crippen molar-refractivity contribution >= 4 is 22.5 Å². The highest BCUT2D eigenvalue weighted by atomic mass is 16.1. The fourth-order valence-corrected chi connectivity index (χ4v) is 3.04. The molecule has 0 radical (unpaired) electrons. The predicted octanol–water partition coefficient (Wildman–Crippen LogP) is 3.59. The van der Waals surface area contributed by atoms with Crippen molar-refractivity contribution < 1.29 is 4.79 Å². The summed E-state index contributed by atoms with van der Waals surface area (Å²) in [6.45, 7) is 4.00. The first-order chi connectivity index (χ1) is 12.5. The number of aryl methyl sites for hydroxylation is 3. The topological polar surface area (TPSA) is 85.8 Å². The van der Waals surface area contributed by atoms with Crippen LogP contribution in [-0.4, -0.2) is 10.9 Å². The number of aromatic amines is 1. The number of fused-ring (bicyclic) bond motifs is 1. The molecule has 5 heteroatoms. The van der Waals surface area contributed by atoms with Gasteiger partial charge in [0.1, 0.15) is 0 Å². The fraction of sp³-hybridized carbons (Fsp3) is 0.190. The van der Waals surface area contributed by atoms with Gasteiger partial charge in [0, 0.05) is 28.6 Å². The lowest BCUT2D eigenvalue weighted by molar-refractivity contribution is -0.116. The molecule has 0 aliphatic rings. The average Bonchev–Trinajstić information content (AvgIpc) is 2.60. The van der Waals surface area contributed by atoms with E-state index >= 15 is 0 Å². The summed E-state index contributed by atoms with van der Waals surface area (Å²) in [6.07, 6.45) is 0.540. The van der Waals surface area contributed by atoms with Gasteiger partial charge in [-0.1, -0.05) is 12.1 Å². The number of amides is 1. The van der Waals surface area contributed by atoms with Crippen molar-refractivity contribution in [3.05, 3.63) is 75.1 Å². The number of H-pyrrole nitrogens is 1. The Labute approximate surface area is 151 Å². The molecule has 1 amide bonds. The summed E-state index contributed by atoms with van der Waals surface area (Å²) in [6, 6.07) is 14.7. The molecule has 0 saturated heterocycles. The summed E-state index contributed by atoms with van der Waals surface area (Å²) in [5.74, 6) is -0.194. The van der Waals surface area contributed by atoms with Gasteiger partial charge in [0.2, 0.25) is 5.91 Å². The van der Waals surface area contributed by atoms with Crippen LogP contribution < -0.4 is 10.9 Å². The number of rotatable bonds is 4. The smallest absolute Gasteiger partial charge is 0.251 e. The van der Waals surface area contributed by atoms with Crippen molar-refractivity contribution in [1.29, 1.82) is 5.26 Å². The van der Waals surface area contributed by atoms with Crippen molar-refractivity contribution in [3.8, 4) is 6.07 Å². The van der Waals surface area contributed by atoms with Crippen molar-refractivity contribution in [2.45, 2.75) is 26.7 Å². The minimum absolute atomic E-state index is 0.165. The number of aromatic nitrogens is 1. The number of hydrogen-bond acceptors (Lipinski definition) is 3. The standard InChI is InChI=1S/C21H19N3O2/c1-13-8-14(2)18-11-16(21(26)24-19(18)9-13)6-7-20(25)23-17-5-3-4-15(10-17)12-22/h3-5,8-11H,6-7H2,1-2H3,(H,23,25)(H,24,26). The summed E-state index contributed by atoms with van der Waals surface area (Å²) >= 11 is 0. The number of nitrogens with one attached hydrogen (secondary N) is 2. The van der Waals surface area contributed by atoms with Gasteiger partial charge in [-0.3, -0.25) is 9.59 Å². The number of benzene rings is 2. The molecule has 0 aliphatic carbocycles. The third-order valence-corrected chi connectivity index (χ3v) is 4.29. The van der Waals surface area contributed by atoms with Crippen molar-refractivity contribution in [1.82, 2.24) is 4.98 Å². The molecule has 3 aromatic rings. The monoisotopic (exact) mass is 345 g/mol. The van der Waals surface area contributed by atoms with Crippen LogP contribution in [0.4, 0.5) is 5.69 Å². The first-order valence-corrected chi connectivity index (χ1v) is 8.39. The van der Waals surface area contributed by atoms with Gasteiger partial charge in [-0.15, -0.1) is 0 Å². The Kier molecular flexibility index (Phi) is 4.85. The number of pyridine rings is 1. The zero-order chi connectivity index (χ0) is 18.7. The van der Waals surface area contributed by atoms with Crippen LogP contribution in [0, 0.1) is 25.2 Å². The van der Waals surface area contributed by atoms with Gasteiger partial charge in [0.25, 0.3) is 5.56 Å². The van der Waals surface area contributed by atoms with Crippen LogP contribution in [0.25, 0.3) is 10.9 Å². The lowest BCUT2D eigenvalue weighted by Gasteiger charge is -2.08. The Bertz CT molecular complexity index is 1090. The zero-order valence-corrected chi connectivity index (χ0v) is 14.7. The summed E-state index contributed by atoms with van der Waals surface area (Å²) in [4.78, 5) is 27.4. The summed E-state index contributed by atoms with van der Waals surface area (Å²) in [5, 5.41) is 12.7. The number of nitrogens with zero attached hydrogens (tertiary/aromatic N) is 1. The molecule has 1 heterocycles. The second-order valence-corrected chi connectivity index (χ2v) is 6.41. The Morgan fingerprint density at radius 1 is 1.19 bits per heavy atom. The van der Waals surface area contributed by atoms with Crippen LogP contribution in [0.2, 0.25) is 0 Å². The Morgan fingerprint density at radius 3 is 2.77 bits per heavy atom. The summed E-state index contributed by atoms with van der Waals surface area (Å²) in [5.41, 5.74) is 4.49. The van der Waals surface area contributed by atoms with Crippen molar-refractivity contribution in [2.24, 2.45) is 0 Å². The average molecular weight is 345 g/mol. The molecule has 5 nitrogen and oxygen atoms in total. The molecule has 130 valence electrons. The maximum Gasteiger partial charge on any atom is 0.251 e. The molecule has 0 fully saturated rings. The first kappa shape index (κ1) is 17.4. The van der Waals surface area contributed by atoms with Gasteiger partial charge in [0.15, 0.2) is 0 Å². The van der Waals surface area contributed by atoms with Gasteiger partial charge >= 0.3 is 0 Å². The van der Waals surface area contributed by atoms with Crippen molar-refractivity contribution in [3.63, 3.8) is 0 Å². The Balaban J connectivity index is 1.75. The van der Waals surface area contributed by atoms with Crippen LogP contribution in [0.5, 0.6) is 0 Å². The highest BCUT2D eigenvalue weighted by molar-refractivity contribution is 5.91. The molecule has 0 saturated carbocycles. The van der Waals surface area contributed by atoms with E-state index in [2.05, 4.69) is 16.4 Å². The van der Waals surface area contributed by atoms with Crippen LogP contribution in [-0.2, 0) is 11.2 Å². The SMILES string of the molecule is Cc1cc(C)c2cc(CCC(=O)Nc3cccc(C#N)c3)c(=O)[nH]c2c1. The molecular weight excluding hydrogens is 326 g/mol. The molecule has 0 atom stereocenters. The van der Waals surface area contributed by atoms with E-state index in [-0.39, 0.29) is 17.9 Å². The molecular formula is C21H19N3O2. The third kappa shape index (κ3) is 3.81. The molecule has 0 bridgehead atoms. The lowest BCUT2D eigenvalue weighted by atomic mass is 10.0. The van der Waals surface area contributed by atoms with Gasteiger partial charge in [-0.05, 0) is 61.7 Å². The molecule has 2 N–H and O–H groups in total. The Hall–Kier alpha value is -3.39. The zero-order valence-electron chi connectivity index (χ0n) is 14.7. The summed E-state index contributed by atoms with van der Waals surface area (Å²) < 4.78 is 0. The van der Waals surface area contributed by atoms with E-state index < -0.39 is 0 Å². The van der Waals surface area contributed by atoms with Gasteiger partial charge in [0.05, 0.1) is 11.6 Å². The van der Waals surface area contributed by atoms with Gasteiger partial charge in [-0.25, -0.2) is 0 Å². The number of carbonyl (C=O) groups excluding carboxylic acids is 1.